The van der Waals surface area contributed by atoms with Gasteiger partial charge in [-0.25, -0.2) is 4.39 Å². The Morgan fingerprint density at radius 3 is 2.75 bits per heavy atom. The normalized spacial score (nSPS) is 32.6. The van der Waals surface area contributed by atoms with Crippen LogP contribution in [0, 0.1) is 17.7 Å². The summed E-state index contributed by atoms with van der Waals surface area (Å²) >= 11 is 1.80. The zero-order chi connectivity index (χ0) is 13.9. The van der Waals surface area contributed by atoms with Crippen LogP contribution in [0.3, 0.4) is 0 Å². The molecule has 0 aliphatic heterocycles. The third kappa shape index (κ3) is 1.83. The first kappa shape index (κ1) is 12.8. The van der Waals surface area contributed by atoms with Gasteiger partial charge < -0.3 is 4.90 Å². The maximum Gasteiger partial charge on any atom is 0.124 e. The van der Waals surface area contributed by atoms with Crippen LogP contribution in [-0.2, 0) is 0 Å². The standard InChI is InChI=1S/C17H20FNS/c1-19(2)17-12-4-3-11(7-12)16(17)15-8-10-5-6-13(18)9-14(10)20-15/h5-6,8-9,11-12,16-17H,3-4,7H2,1-2H3. The minimum Gasteiger partial charge on any atom is -0.306 e. The molecule has 3 heteroatoms. The van der Waals surface area contributed by atoms with Gasteiger partial charge in [0, 0.05) is 21.5 Å². The van der Waals surface area contributed by atoms with Crippen LogP contribution >= 0.6 is 11.3 Å². The lowest BCUT2D eigenvalue weighted by atomic mass is 9.82. The van der Waals surface area contributed by atoms with Crippen molar-refractivity contribution in [2.45, 2.75) is 31.2 Å². The monoisotopic (exact) mass is 289 g/mol. The summed E-state index contributed by atoms with van der Waals surface area (Å²) in [6, 6.07) is 8.15. The number of fused-ring (bicyclic) bond motifs is 3. The second-order valence-corrected chi connectivity index (χ2v) is 7.76. The maximum absolute atomic E-state index is 13.4. The number of rotatable bonds is 2. The maximum atomic E-state index is 13.4. The highest BCUT2D eigenvalue weighted by Crippen LogP contribution is 2.55. The van der Waals surface area contributed by atoms with Gasteiger partial charge in [-0.05, 0) is 68.8 Å². The Bertz CT molecular complexity index is 647. The minimum atomic E-state index is -0.122. The second-order valence-electron chi connectivity index (χ2n) is 6.64. The highest BCUT2D eigenvalue weighted by molar-refractivity contribution is 7.19. The lowest BCUT2D eigenvalue weighted by molar-refractivity contribution is 0.187. The van der Waals surface area contributed by atoms with Crippen molar-refractivity contribution < 1.29 is 4.39 Å². The molecule has 4 rings (SSSR count). The van der Waals surface area contributed by atoms with E-state index in [1.807, 2.05) is 6.07 Å². The van der Waals surface area contributed by atoms with E-state index >= 15 is 0 Å². The first-order chi connectivity index (χ1) is 9.63. The zero-order valence-electron chi connectivity index (χ0n) is 12.0. The zero-order valence-corrected chi connectivity index (χ0v) is 12.8. The molecule has 2 fully saturated rings. The topological polar surface area (TPSA) is 3.24 Å². The van der Waals surface area contributed by atoms with Gasteiger partial charge in [0.15, 0.2) is 0 Å². The van der Waals surface area contributed by atoms with Gasteiger partial charge in [-0.1, -0.05) is 6.07 Å². The van der Waals surface area contributed by atoms with E-state index < -0.39 is 0 Å². The molecular formula is C17H20FNS. The molecule has 2 saturated carbocycles. The molecule has 4 unspecified atom stereocenters. The Morgan fingerprint density at radius 1 is 1.15 bits per heavy atom. The second kappa shape index (κ2) is 4.54. The van der Waals surface area contributed by atoms with Crippen molar-refractivity contribution in [1.82, 2.24) is 4.90 Å². The molecule has 0 radical (unpaired) electrons. The highest BCUT2D eigenvalue weighted by atomic mass is 32.1. The smallest absolute Gasteiger partial charge is 0.124 e. The Morgan fingerprint density at radius 2 is 1.95 bits per heavy atom. The highest BCUT2D eigenvalue weighted by Gasteiger charge is 2.49. The molecule has 0 amide bonds. The Labute approximate surface area is 123 Å². The van der Waals surface area contributed by atoms with Gasteiger partial charge in [0.05, 0.1) is 0 Å². The molecule has 0 N–H and O–H groups in total. The van der Waals surface area contributed by atoms with Gasteiger partial charge in [0.1, 0.15) is 5.82 Å². The van der Waals surface area contributed by atoms with Gasteiger partial charge in [0.25, 0.3) is 0 Å². The first-order valence-corrected chi connectivity index (χ1v) is 8.30. The average molecular weight is 289 g/mol. The lowest BCUT2D eigenvalue weighted by Crippen LogP contribution is -2.38. The van der Waals surface area contributed by atoms with E-state index in [2.05, 4.69) is 25.1 Å². The predicted molar refractivity (Wildman–Crippen MR) is 82.8 cm³/mol. The van der Waals surface area contributed by atoms with E-state index in [4.69, 9.17) is 0 Å². The average Bonchev–Trinajstić information content (AvgIpc) is 3.09. The molecule has 4 atom stereocenters. The summed E-state index contributed by atoms with van der Waals surface area (Å²) in [7, 11) is 4.43. The van der Waals surface area contributed by atoms with E-state index in [0.29, 0.717) is 12.0 Å². The SMILES string of the molecule is CN(C)C1C2CCC(C2)C1c1cc2ccc(F)cc2s1. The number of hydrogen-bond acceptors (Lipinski definition) is 2. The largest absolute Gasteiger partial charge is 0.306 e. The van der Waals surface area contributed by atoms with E-state index in [1.54, 1.807) is 23.5 Å². The van der Waals surface area contributed by atoms with E-state index in [1.165, 1.54) is 29.5 Å². The molecule has 2 bridgehead atoms. The van der Waals surface area contributed by atoms with Crippen molar-refractivity contribution in [2.24, 2.45) is 11.8 Å². The molecule has 1 aromatic carbocycles. The van der Waals surface area contributed by atoms with Gasteiger partial charge in [0.2, 0.25) is 0 Å². The third-order valence-electron chi connectivity index (χ3n) is 5.30. The molecule has 2 aliphatic carbocycles. The summed E-state index contributed by atoms with van der Waals surface area (Å²) in [6.45, 7) is 0. The minimum absolute atomic E-state index is 0.122. The van der Waals surface area contributed by atoms with Crippen LogP contribution in [0.2, 0.25) is 0 Å². The number of likely N-dealkylation sites (N-methyl/N-ethyl adjacent to an activating group) is 1. The molecule has 20 heavy (non-hydrogen) atoms. The molecule has 1 nitrogen and oxygen atoms in total. The van der Waals surface area contributed by atoms with Crippen molar-refractivity contribution in [3.8, 4) is 0 Å². The van der Waals surface area contributed by atoms with Crippen molar-refractivity contribution in [3.63, 3.8) is 0 Å². The van der Waals surface area contributed by atoms with Gasteiger partial charge in [-0.3, -0.25) is 0 Å². The molecular weight excluding hydrogens is 269 g/mol. The van der Waals surface area contributed by atoms with Crippen molar-refractivity contribution in [3.05, 3.63) is 35.0 Å². The number of halogens is 1. The Hall–Kier alpha value is -0.930. The summed E-state index contributed by atoms with van der Waals surface area (Å²) < 4.78 is 14.5. The summed E-state index contributed by atoms with van der Waals surface area (Å²) in [5, 5.41) is 1.20. The summed E-state index contributed by atoms with van der Waals surface area (Å²) in [4.78, 5) is 3.89. The molecule has 0 saturated heterocycles. The van der Waals surface area contributed by atoms with Crippen molar-refractivity contribution in [2.75, 3.05) is 14.1 Å². The van der Waals surface area contributed by atoms with Crippen LogP contribution in [0.15, 0.2) is 24.3 Å². The Kier molecular flexibility index (Phi) is 2.90. The molecule has 2 aromatic rings. The lowest BCUT2D eigenvalue weighted by Gasteiger charge is -2.35. The fourth-order valence-corrected chi connectivity index (χ4v) is 5.92. The molecule has 1 heterocycles. The van der Waals surface area contributed by atoms with Gasteiger partial charge in [-0.2, -0.15) is 0 Å². The molecule has 2 aliphatic rings. The van der Waals surface area contributed by atoms with Crippen LogP contribution in [0.1, 0.15) is 30.1 Å². The van der Waals surface area contributed by atoms with Crippen LogP contribution in [0.25, 0.3) is 10.1 Å². The summed E-state index contributed by atoms with van der Waals surface area (Å²) in [5.74, 6) is 2.24. The quantitative estimate of drug-likeness (QED) is 0.787. The van der Waals surface area contributed by atoms with Crippen LogP contribution in [0.4, 0.5) is 4.39 Å². The molecule has 0 spiro atoms. The Balaban J connectivity index is 1.77. The number of nitrogens with zero attached hydrogens (tertiary/aromatic N) is 1. The fourth-order valence-electron chi connectivity index (χ4n) is 4.59. The van der Waals surface area contributed by atoms with Crippen LogP contribution < -0.4 is 0 Å². The van der Waals surface area contributed by atoms with E-state index in [0.717, 1.165) is 16.5 Å². The first-order valence-electron chi connectivity index (χ1n) is 7.49. The van der Waals surface area contributed by atoms with Crippen LogP contribution in [0.5, 0.6) is 0 Å². The number of hydrogen-bond donors (Lipinski definition) is 0. The third-order valence-corrected chi connectivity index (χ3v) is 6.50. The molecule has 106 valence electrons. The number of thiophene rings is 1. The summed E-state index contributed by atoms with van der Waals surface area (Å²) in [6.07, 6.45) is 4.15. The van der Waals surface area contributed by atoms with E-state index in [-0.39, 0.29) is 5.82 Å². The number of benzene rings is 1. The predicted octanol–water partition coefficient (Wildman–Crippen LogP) is 4.48. The van der Waals surface area contributed by atoms with Gasteiger partial charge >= 0.3 is 0 Å². The van der Waals surface area contributed by atoms with E-state index in [9.17, 15) is 4.39 Å². The fraction of sp³-hybridized carbons (Fsp3) is 0.529. The van der Waals surface area contributed by atoms with Crippen molar-refractivity contribution in [1.29, 1.82) is 0 Å². The van der Waals surface area contributed by atoms with Crippen LogP contribution in [-0.4, -0.2) is 25.0 Å². The molecule has 1 aromatic heterocycles. The van der Waals surface area contributed by atoms with Gasteiger partial charge in [-0.15, -0.1) is 11.3 Å². The van der Waals surface area contributed by atoms with Crippen molar-refractivity contribution >= 4 is 21.4 Å². The summed E-state index contributed by atoms with van der Waals surface area (Å²) in [5.41, 5.74) is 0.